The third kappa shape index (κ3) is 3.85. The maximum atomic E-state index is 11.2. The van der Waals surface area contributed by atoms with Crippen molar-refractivity contribution >= 4 is 35.7 Å². The second-order valence-electron chi connectivity index (χ2n) is 5.85. The molecule has 3 aliphatic heterocycles. The molecule has 2 atom stereocenters. The van der Waals surface area contributed by atoms with Crippen LogP contribution in [-0.4, -0.2) is 43.5 Å². The van der Waals surface area contributed by atoms with Crippen molar-refractivity contribution in [1.82, 2.24) is 21.0 Å². The van der Waals surface area contributed by atoms with Crippen LogP contribution in [-0.2, 0) is 16.1 Å². The molecule has 1 saturated heterocycles. The van der Waals surface area contributed by atoms with Gasteiger partial charge in [0.1, 0.15) is 12.0 Å². The number of rotatable bonds is 4. The third-order valence-electron chi connectivity index (χ3n) is 4.06. The lowest BCUT2D eigenvalue weighted by Crippen LogP contribution is -2.55. The molecule has 1 amide bonds. The number of fused-ring (bicyclic) bond motifs is 1. The van der Waals surface area contributed by atoms with Crippen molar-refractivity contribution in [3.63, 3.8) is 0 Å². The van der Waals surface area contributed by atoms with E-state index in [1.807, 2.05) is 6.92 Å². The van der Waals surface area contributed by atoms with Crippen LogP contribution in [0.5, 0.6) is 0 Å². The molecule has 1 fully saturated rings. The van der Waals surface area contributed by atoms with E-state index in [4.69, 9.17) is 5.11 Å². The van der Waals surface area contributed by atoms with Gasteiger partial charge in [0.25, 0.3) is 5.69 Å². The SMILES string of the molecule is CC1C(=O)N2C(C(=O)O)=CS[C@@H]12.O=[N+]([O-])c1ccc(CN2C=NNN2)cc1. The van der Waals surface area contributed by atoms with Crippen molar-refractivity contribution < 1.29 is 19.6 Å². The highest BCUT2D eigenvalue weighted by molar-refractivity contribution is 8.03. The van der Waals surface area contributed by atoms with Crippen molar-refractivity contribution in [3.8, 4) is 0 Å². The number of non-ortho nitro benzene ring substituents is 1. The number of benzene rings is 1. The summed E-state index contributed by atoms with van der Waals surface area (Å²) in [5, 5.41) is 26.1. The molecule has 0 spiro atoms. The lowest BCUT2D eigenvalue weighted by atomic mass is 10.0. The molecule has 3 N–H and O–H groups in total. The number of nitrogens with zero attached hydrogens (tertiary/aromatic N) is 4. The number of hydrogen-bond donors (Lipinski definition) is 3. The van der Waals surface area contributed by atoms with Gasteiger partial charge in [-0.05, 0) is 5.56 Å². The summed E-state index contributed by atoms with van der Waals surface area (Å²) in [5.74, 6) is -1.15. The summed E-state index contributed by atoms with van der Waals surface area (Å²) in [7, 11) is 0. The lowest BCUT2D eigenvalue weighted by Gasteiger charge is -2.40. The van der Waals surface area contributed by atoms with Crippen LogP contribution in [0.3, 0.4) is 0 Å². The average molecular weight is 392 g/mol. The van der Waals surface area contributed by atoms with Crippen LogP contribution in [0.4, 0.5) is 5.69 Å². The summed E-state index contributed by atoms with van der Waals surface area (Å²) in [5.41, 5.74) is 6.51. The number of hydrogen-bond acceptors (Lipinski definition) is 9. The molecule has 11 nitrogen and oxygen atoms in total. The Balaban J connectivity index is 0.000000159. The number of nitro benzene ring substituents is 1. The Hall–Kier alpha value is -3.12. The molecular formula is C15H16N6O5S. The number of carboxylic acid groups (broad SMARTS) is 1. The number of hydrazone groups is 1. The molecule has 0 saturated carbocycles. The van der Waals surface area contributed by atoms with Gasteiger partial charge in [0.2, 0.25) is 5.91 Å². The zero-order valence-corrected chi connectivity index (χ0v) is 14.9. The summed E-state index contributed by atoms with van der Waals surface area (Å²) in [4.78, 5) is 33.1. The zero-order chi connectivity index (χ0) is 19.6. The van der Waals surface area contributed by atoms with Gasteiger partial charge < -0.3 is 5.11 Å². The van der Waals surface area contributed by atoms with Crippen molar-refractivity contribution in [2.75, 3.05) is 0 Å². The fraction of sp³-hybridized carbons (Fsp3) is 0.267. The van der Waals surface area contributed by atoms with Crippen molar-refractivity contribution in [2.45, 2.75) is 18.8 Å². The van der Waals surface area contributed by atoms with E-state index in [9.17, 15) is 19.7 Å². The number of carboxylic acids is 1. The van der Waals surface area contributed by atoms with E-state index in [-0.39, 0.29) is 28.6 Å². The maximum absolute atomic E-state index is 11.2. The van der Waals surface area contributed by atoms with Gasteiger partial charge in [-0.3, -0.25) is 24.8 Å². The monoisotopic (exact) mass is 392 g/mol. The van der Waals surface area contributed by atoms with E-state index in [1.54, 1.807) is 23.5 Å². The molecule has 27 heavy (non-hydrogen) atoms. The molecule has 0 aromatic heterocycles. The number of hydrazine groups is 2. The van der Waals surface area contributed by atoms with Gasteiger partial charge in [-0.1, -0.05) is 19.1 Å². The predicted molar refractivity (Wildman–Crippen MR) is 96.5 cm³/mol. The molecule has 3 heterocycles. The number of β-lactam (4-membered cyclic amide) rings is 1. The zero-order valence-electron chi connectivity index (χ0n) is 14.1. The number of carbonyl (C=O) groups excluding carboxylic acids is 1. The highest BCUT2D eigenvalue weighted by Crippen LogP contribution is 2.44. The summed E-state index contributed by atoms with van der Waals surface area (Å²) < 4.78 is 0. The quantitative estimate of drug-likeness (QED) is 0.386. The van der Waals surface area contributed by atoms with Gasteiger partial charge in [0, 0.05) is 17.5 Å². The van der Waals surface area contributed by atoms with Crippen LogP contribution < -0.4 is 11.1 Å². The Morgan fingerprint density at radius 1 is 1.41 bits per heavy atom. The van der Waals surface area contributed by atoms with Crippen LogP contribution in [0.25, 0.3) is 0 Å². The lowest BCUT2D eigenvalue weighted by molar-refractivity contribution is -0.384. The number of nitrogens with one attached hydrogen (secondary N) is 2. The van der Waals surface area contributed by atoms with Gasteiger partial charge in [-0.15, -0.1) is 17.3 Å². The molecule has 0 aliphatic carbocycles. The first-order valence-electron chi connectivity index (χ1n) is 7.84. The van der Waals surface area contributed by atoms with E-state index in [0.29, 0.717) is 6.54 Å². The second kappa shape index (κ2) is 7.63. The van der Waals surface area contributed by atoms with Gasteiger partial charge in [-0.2, -0.15) is 5.10 Å². The minimum atomic E-state index is -1.02. The van der Waals surface area contributed by atoms with E-state index in [0.717, 1.165) is 5.56 Å². The van der Waals surface area contributed by atoms with Gasteiger partial charge >= 0.3 is 5.97 Å². The molecule has 12 heteroatoms. The summed E-state index contributed by atoms with van der Waals surface area (Å²) in [6, 6.07) is 6.39. The molecule has 4 rings (SSSR count). The van der Waals surface area contributed by atoms with E-state index in [1.165, 1.54) is 34.2 Å². The standard InChI is InChI=1S/C8H9N5O2.C7H7NO3S/c14-13(15)8-3-1-7(2-4-8)5-12-6-9-10-11-12;1-3-5(9)8-4(7(10)11)2-12-6(3)8/h1-4,6,10-11H,5H2;2-3,6H,1H3,(H,10,11)/t;3?,6-/m.0/s1. The number of thioether (sulfide) groups is 1. The molecule has 3 aliphatic rings. The van der Waals surface area contributed by atoms with Gasteiger partial charge in [0.15, 0.2) is 0 Å². The van der Waals surface area contributed by atoms with Gasteiger partial charge in [-0.25, -0.2) is 10.3 Å². The van der Waals surface area contributed by atoms with Crippen LogP contribution in [0, 0.1) is 16.0 Å². The van der Waals surface area contributed by atoms with Crippen LogP contribution in [0.15, 0.2) is 40.5 Å². The van der Waals surface area contributed by atoms with Gasteiger partial charge in [0.05, 0.1) is 22.8 Å². The Morgan fingerprint density at radius 3 is 2.67 bits per heavy atom. The first-order chi connectivity index (χ1) is 12.9. The van der Waals surface area contributed by atoms with Crippen LogP contribution in [0.2, 0.25) is 0 Å². The normalized spacial score (nSPS) is 22.3. The first kappa shape index (κ1) is 18.7. The molecule has 142 valence electrons. The Morgan fingerprint density at radius 2 is 2.11 bits per heavy atom. The molecule has 0 bridgehead atoms. The highest BCUT2D eigenvalue weighted by Gasteiger charge is 2.50. The Labute approximate surface area is 157 Å². The van der Waals surface area contributed by atoms with E-state index in [2.05, 4.69) is 16.2 Å². The summed E-state index contributed by atoms with van der Waals surface area (Å²) in [6.07, 6.45) is 1.60. The first-order valence-corrected chi connectivity index (χ1v) is 8.78. The minimum Gasteiger partial charge on any atom is -0.477 e. The second-order valence-corrected chi connectivity index (χ2v) is 6.84. The third-order valence-corrected chi connectivity index (χ3v) is 5.32. The Bertz CT molecular complexity index is 826. The van der Waals surface area contributed by atoms with E-state index < -0.39 is 10.9 Å². The number of carbonyl (C=O) groups is 2. The summed E-state index contributed by atoms with van der Waals surface area (Å²) >= 11 is 1.40. The fourth-order valence-electron chi connectivity index (χ4n) is 2.61. The topological polar surface area (TPSA) is 140 Å². The number of amides is 1. The minimum absolute atomic E-state index is 0.0311. The molecule has 1 aromatic rings. The van der Waals surface area contributed by atoms with Crippen molar-refractivity contribution in [1.29, 1.82) is 0 Å². The molecule has 0 radical (unpaired) electrons. The van der Waals surface area contributed by atoms with Crippen LogP contribution >= 0.6 is 11.8 Å². The van der Waals surface area contributed by atoms with Crippen molar-refractivity contribution in [2.24, 2.45) is 11.0 Å². The predicted octanol–water partition coefficient (Wildman–Crippen LogP) is 0.826. The smallest absolute Gasteiger partial charge is 0.353 e. The molecule has 1 unspecified atom stereocenters. The molecule has 1 aromatic carbocycles. The molecular weight excluding hydrogens is 376 g/mol. The van der Waals surface area contributed by atoms with E-state index >= 15 is 0 Å². The number of nitro groups is 1. The van der Waals surface area contributed by atoms with Crippen LogP contribution in [0.1, 0.15) is 12.5 Å². The van der Waals surface area contributed by atoms with Crippen molar-refractivity contribution in [3.05, 3.63) is 51.0 Å². The average Bonchev–Trinajstić information content (AvgIpc) is 3.30. The number of aliphatic carboxylic acids is 1. The highest BCUT2D eigenvalue weighted by atomic mass is 32.2. The Kier molecular flexibility index (Phi) is 5.28. The largest absolute Gasteiger partial charge is 0.477 e. The summed E-state index contributed by atoms with van der Waals surface area (Å²) in [6.45, 7) is 2.41. The maximum Gasteiger partial charge on any atom is 0.353 e. The fourth-order valence-corrected chi connectivity index (χ4v) is 3.78.